The van der Waals surface area contributed by atoms with Gasteiger partial charge in [-0.3, -0.25) is 19.2 Å². The summed E-state index contributed by atoms with van der Waals surface area (Å²) in [5.41, 5.74) is 10.9. The van der Waals surface area contributed by atoms with Crippen molar-refractivity contribution in [1.29, 1.82) is 0 Å². The van der Waals surface area contributed by atoms with E-state index in [-0.39, 0.29) is 31.7 Å². The summed E-state index contributed by atoms with van der Waals surface area (Å²) in [5, 5.41) is 16.8. The highest BCUT2D eigenvalue weighted by molar-refractivity contribution is 5.94. The predicted octanol–water partition coefficient (Wildman–Crippen LogP) is -2.24. The van der Waals surface area contributed by atoms with Crippen molar-refractivity contribution in [2.24, 2.45) is 17.4 Å². The standard InChI is InChI=1S/C19H31N7O6/c1-3-10(2)16(19(31)32)26-18(30)13(6-11-8-22-9-23-11)25-17(29)12(4-5-14(21)27)24-15(28)7-20/h8-10,12-13,16H,3-7,20H2,1-2H3,(H2,21,27)(H,22,23)(H,24,28)(H,25,29)(H,26,30)(H,31,32). The van der Waals surface area contributed by atoms with Gasteiger partial charge in [0.1, 0.15) is 18.1 Å². The molecule has 0 aliphatic heterocycles. The van der Waals surface area contributed by atoms with Crippen LogP contribution < -0.4 is 27.4 Å². The molecule has 4 unspecified atom stereocenters. The van der Waals surface area contributed by atoms with Crippen LogP contribution in [-0.4, -0.2) is 69.3 Å². The first kappa shape index (κ1) is 26.6. The third-order valence-corrected chi connectivity index (χ3v) is 4.91. The molecule has 1 heterocycles. The molecule has 0 saturated carbocycles. The van der Waals surface area contributed by atoms with Gasteiger partial charge in [0.2, 0.25) is 23.6 Å². The maximum absolute atomic E-state index is 12.9. The van der Waals surface area contributed by atoms with Crippen molar-refractivity contribution in [2.75, 3.05) is 6.54 Å². The van der Waals surface area contributed by atoms with Gasteiger partial charge in [0, 0.05) is 24.7 Å². The zero-order valence-corrected chi connectivity index (χ0v) is 18.1. The number of imidazole rings is 1. The second-order valence-corrected chi connectivity index (χ2v) is 7.38. The zero-order chi connectivity index (χ0) is 24.3. The first-order chi connectivity index (χ1) is 15.1. The number of primary amides is 1. The van der Waals surface area contributed by atoms with Gasteiger partial charge in [-0.2, -0.15) is 0 Å². The number of aromatic amines is 1. The summed E-state index contributed by atoms with van der Waals surface area (Å²) in [7, 11) is 0. The van der Waals surface area contributed by atoms with Crippen molar-refractivity contribution < 1.29 is 29.1 Å². The van der Waals surface area contributed by atoms with E-state index in [2.05, 4.69) is 25.9 Å². The number of hydrogen-bond donors (Lipinski definition) is 7. The maximum Gasteiger partial charge on any atom is 0.326 e. The van der Waals surface area contributed by atoms with Crippen LogP contribution in [0.25, 0.3) is 0 Å². The Balaban J connectivity index is 3.05. The van der Waals surface area contributed by atoms with E-state index in [0.717, 1.165) is 0 Å². The molecule has 0 aliphatic rings. The molecule has 1 aromatic heterocycles. The Kier molecular flexibility index (Phi) is 10.8. The van der Waals surface area contributed by atoms with Gasteiger partial charge in [0.05, 0.1) is 12.9 Å². The molecule has 178 valence electrons. The summed E-state index contributed by atoms with van der Waals surface area (Å²) in [4.78, 5) is 66.8. The normalized spacial score (nSPS) is 14.5. The number of nitrogens with two attached hydrogens (primary N) is 2. The number of H-pyrrole nitrogens is 1. The molecule has 0 spiro atoms. The van der Waals surface area contributed by atoms with E-state index in [1.54, 1.807) is 13.8 Å². The second kappa shape index (κ2) is 13.0. The molecular weight excluding hydrogens is 422 g/mol. The van der Waals surface area contributed by atoms with Crippen LogP contribution in [0.4, 0.5) is 0 Å². The minimum atomic E-state index is -1.20. The average molecular weight is 454 g/mol. The SMILES string of the molecule is CCC(C)C(NC(=O)C(Cc1cnc[nH]1)NC(=O)C(CCC(N)=O)NC(=O)CN)C(=O)O. The van der Waals surface area contributed by atoms with Crippen molar-refractivity contribution in [3.05, 3.63) is 18.2 Å². The molecule has 0 aromatic carbocycles. The van der Waals surface area contributed by atoms with E-state index in [0.29, 0.717) is 12.1 Å². The highest BCUT2D eigenvalue weighted by atomic mass is 16.4. The highest BCUT2D eigenvalue weighted by Crippen LogP contribution is 2.09. The Labute approximate surface area is 185 Å². The summed E-state index contributed by atoms with van der Waals surface area (Å²) >= 11 is 0. The lowest BCUT2D eigenvalue weighted by atomic mass is 9.98. The van der Waals surface area contributed by atoms with Gasteiger partial charge in [-0.05, 0) is 12.3 Å². The predicted molar refractivity (Wildman–Crippen MR) is 113 cm³/mol. The van der Waals surface area contributed by atoms with Gasteiger partial charge in [-0.15, -0.1) is 0 Å². The van der Waals surface area contributed by atoms with E-state index in [1.807, 2.05) is 0 Å². The van der Waals surface area contributed by atoms with Crippen LogP contribution in [0, 0.1) is 5.92 Å². The zero-order valence-electron chi connectivity index (χ0n) is 18.1. The highest BCUT2D eigenvalue weighted by Gasteiger charge is 2.31. The fraction of sp³-hybridized carbons (Fsp3) is 0.579. The van der Waals surface area contributed by atoms with Crippen LogP contribution in [-0.2, 0) is 30.4 Å². The van der Waals surface area contributed by atoms with Gasteiger partial charge >= 0.3 is 5.97 Å². The number of amides is 4. The summed E-state index contributed by atoms with van der Waals surface area (Å²) in [6.07, 6.45) is 3.05. The molecule has 13 nitrogen and oxygen atoms in total. The smallest absolute Gasteiger partial charge is 0.326 e. The summed E-state index contributed by atoms with van der Waals surface area (Å²) in [6.45, 7) is 3.09. The third-order valence-electron chi connectivity index (χ3n) is 4.91. The second-order valence-electron chi connectivity index (χ2n) is 7.38. The lowest BCUT2D eigenvalue weighted by Crippen LogP contribution is -2.57. The topological polar surface area (TPSA) is 222 Å². The average Bonchev–Trinajstić information content (AvgIpc) is 3.26. The van der Waals surface area contributed by atoms with Crippen molar-refractivity contribution in [3.63, 3.8) is 0 Å². The summed E-state index contributed by atoms with van der Waals surface area (Å²) in [6, 6.07) is -3.50. The van der Waals surface area contributed by atoms with Crippen LogP contribution >= 0.6 is 0 Å². The number of rotatable bonds is 14. The summed E-state index contributed by atoms with van der Waals surface area (Å²) in [5.74, 6) is -4.33. The van der Waals surface area contributed by atoms with E-state index in [9.17, 15) is 29.1 Å². The molecule has 1 rings (SSSR count). The van der Waals surface area contributed by atoms with Crippen LogP contribution in [0.1, 0.15) is 38.8 Å². The number of carboxylic acids is 1. The van der Waals surface area contributed by atoms with E-state index in [1.165, 1.54) is 12.5 Å². The molecule has 9 N–H and O–H groups in total. The minimum absolute atomic E-state index is 0.0161. The molecule has 4 amide bonds. The lowest BCUT2D eigenvalue weighted by molar-refractivity contribution is -0.143. The van der Waals surface area contributed by atoms with Crippen molar-refractivity contribution >= 4 is 29.6 Å². The molecule has 32 heavy (non-hydrogen) atoms. The van der Waals surface area contributed by atoms with E-state index in [4.69, 9.17) is 11.5 Å². The monoisotopic (exact) mass is 453 g/mol. The number of carbonyl (C=O) groups excluding carboxylic acids is 4. The Morgan fingerprint density at radius 3 is 2.28 bits per heavy atom. The fourth-order valence-electron chi connectivity index (χ4n) is 2.84. The van der Waals surface area contributed by atoms with Crippen molar-refractivity contribution in [2.45, 2.75) is 57.7 Å². The van der Waals surface area contributed by atoms with Crippen LogP contribution in [0.15, 0.2) is 12.5 Å². The van der Waals surface area contributed by atoms with E-state index < -0.39 is 47.7 Å². The quantitative estimate of drug-likeness (QED) is 0.163. The Hall–Kier alpha value is -3.48. The van der Waals surface area contributed by atoms with Gasteiger partial charge in [0.25, 0.3) is 0 Å². The number of nitrogens with one attached hydrogen (secondary N) is 4. The molecule has 13 heteroatoms. The number of aliphatic carboxylic acids is 1. The molecule has 1 aromatic rings. The third kappa shape index (κ3) is 8.71. The lowest BCUT2D eigenvalue weighted by Gasteiger charge is -2.26. The minimum Gasteiger partial charge on any atom is -0.480 e. The molecule has 0 radical (unpaired) electrons. The van der Waals surface area contributed by atoms with Gasteiger partial charge < -0.3 is 37.5 Å². The Morgan fingerprint density at radius 2 is 1.78 bits per heavy atom. The molecule has 0 bridgehead atoms. The van der Waals surface area contributed by atoms with Gasteiger partial charge in [-0.1, -0.05) is 20.3 Å². The summed E-state index contributed by atoms with van der Waals surface area (Å²) < 4.78 is 0. The Morgan fingerprint density at radius 1 is 1.12 bits per heavy atom. The number of hydrogen-bond acceptors (Lipinski definition) is 7. The number of carbonyl (C=O) groups is 5. The molecule has 4 atom stereocenters. The maximum atomic E-state index is 12.9. The van der Waals surface area contributed by atoms with Crippen molar-refractivity contribution in [1.82, 2.24) is 25.9 Å². The van der Waals surface area contributed by atoms with Gasteiger partial charge in [0.15, 0.2) is 0 Å². The van der Waals surface area contributed by atoms with Crippen LogP contribution in [0.2, 0.25) is 0 Å². The molecule has 0 aliphatic carbocycles. The first-order valence-corrected chi connectivity index (χ1v) is 10.2. The first-order valence-electron chi connectivity index (χ1n) is 10.2. The fourth-order valence-corrected chi connectivity index (χ4v) is 2.84. The number of nitrogens with zero attached hydrogens (tertiary/aromatic N) is 1. The van der Waals surface area contributed by atoms with E-state index >= 15 is 0 Å². The number of aromatic nitrogens is 2. The number of carboxylic acid groups (broad SMARTS) is 1. The molecular formula is C19H31N7O6. The molecule has 0 fully saturated rings. The molecule has 0 saturated heterocycles. The van der Waals surface area contributed by atoms with Crippen LogP contribution in [0.3, 0.4) is 0 Å². The van der Waals surface area contributed by atoms with Gasteiger partial charge in [-0.25, -0.2) is 9.78 Å². The Bertz CT molecular complexity index is 798. The van der Waals surface area contributed by atoms with Crippen molar-refractivity contribution in [3.8, 4) is 0 Å². The van der Waals surface area contributed by atoms with Crippen LogP contribution in [0.5, 0.6) is 0 Å². The largest absolute Gasteiger partial charge is 0.480 e.